The van der Waals surface area contributed by atoms with Crippen molar-refractivity contribution in [2.24, 2.45) is 0 Å². The molecule has 0 atom stereocenters. The van der Waals surface area contributed by atoms with Crippen molar-refractivity contribution < 1.29 is 17.6 Å². The van der Waals surface area contributed by atoms with Gasteiger partial charge < -0.3 is 0 Å². The van der Waals surface area contributed by atoms with E-state index in [0.717, 1.165) is 19.1 Å². The molecule has 0 unspecified atom stereocenters. The van der Waals surface area contributed by atoms with Crippen LogP contribution in [0.4, 0.5) is 5.69 Å². The first kappa shape index (κ1) is 13.4. The fourth-order valence-corrected chi connectivity index (χ4v) is 2.06. The van der Waals surface area contributed by atoms with E-state index in [4.69, 9.17) is 0 Å². The number of benzene rings is 1. The van der Waals surface area contributed by atoms with E-state index in [2.05, 4.69) is 0 Å². The van der Waals surface area contributed by atoms with Gasteiger partial charge in [-0.15, -0.1) is 0 Å². The van der Waals surface area contributed by atoms with E-state index < -0.39 is 37.9 Å². The topological polar surface area (TPSA) is 106 Å². The Hall–Kier alpha value is -1.71. The number of nitrogens with one attached hydrogen (secondary N) is 1. The van der Waals surface area contributed by atoms with Crippen LogP contribution in [-0.2, 0) is 7.86 Å². The average molecular weight is 350 g/mol. The number of amides is 2. The van der Waals surface area contributed by atoms with E-state index in [0.29, 0.717) is 0 Å². The summed E-state index contributed by atoms with van der Waals surface area (Å²) in [6.07, 6.45) is 0. The summed E-state index contributed by atoms with van der Waals surface area (Å²) >= 11 is -1.65. The number of imide groups is 1. The average Bonchev–Trinajstić information content (AvgIpc) is 2.27. The van der Waals surface area contributed by atoms with Crippen molar-refractivity contribution in [3.05, 3.63) is 37.4 Å². The molecule has 0 heterocycles. The molecule has 0 saturated heterocycles. The van der Waals surface area contributed by atoms with Gasteiger partial charge in [0.05, 0.1) is 14.1 Å². The summed E-state index contributed by atoms with van der Waals surface area (Å²) in [5.41, 5.74) is -0.392. The van der Waals surface area contributed by atoms with Gasteiger partial charge in [0.2, 0.25) is 5.91 Å². The summed E-state index contributed by atoms with van der Waals surface area (Å²) in [6.45, 7) is 1.14. The number of hydrogen-bond donors (Lipinski definition) is 1. The zero-order valence-corrected chi connectivity index (χ0v) is 10.8. The van der Waals surface area contributed by atoms with Crippen molar-refractivity contribution in [1.82, 2.24) is 5.32 Å². The maximum absolute atomic E-state index is 11.5. The molecule has 1 aromatic rings. The van der Waals surface area contributed by atoms with Gasteiger partial charge in [0, 0.05) is 19.1 Å². The highest BCUT2D eigenvalue weighted by Crippen LogP contribution is 2.21. The molecule has 1 N–H and O–H groups in total. The number of halogens is 1. The largest absolute Gasteiger partial charge is 0.293 e. The van der Waals surface area contributed by atoms with Gasteiger partial charge in [-0.05, 0) is 6.07 Å². The van der Waals surface area contributed by atoms with Gasteiger partial charge in [-0.3, -0.25) is 28.1 Å². The van der Waals surface area contributed by atoms with Crippen LogP contribution in [0.5, 0.6) is 0 Å². The Bertz CT molecular complexity index is 514. The first-order valence-electron chi connectivity index (χ1n) is 4.33. The van der Waals surface area contributed by atoms with Crippen molar-refractivity contribution in [2.75, 3.05) is 0 Å². The van der Waals surface area contributed by atoms with Crippen LogP contribution >= 0.6 is 21.2 Å². The van der Waals surface area contributed by atoms with Crippen molar-refractivity contribution in [3.63, 3.8) is 0 Å². The Labute approximate surface area is 106 Å². The lowest BCUT2D eigenvalue weighted by molar-refractivity contribution is -0.384. The smallest absolute Gasteiger partial charge is 0.270 e. The molecule has 0 aromatic heterocycles. The van der Waals surface area contributed by atoms with Crippen LogP contribution in [0.3, 0.4) is 0 Å². The Morgan fingerprint density at radius 2 is 2.06 bits per heavy atom. The van der Waals surface area contributed by atoms with E-state index >= 15 is 0 Å². The van der Waals surface area contributed by atoms with Crippen molar-refractivity contribution in [2.45, 2.75) is 6.92 Å². The minimum atomic E-state index is -1.65. The third-order valence-electron chi connectivity index (χ3n) is 1.78. The lowest BCUT2D eigenvalue weighted by atomic mass is 10.2. The van der Waals surface area contributed by atoms with Crippen LogP contribution in [0.1, 0.15) is 17.3 Å². The van der Waals surface area contributed by atoms with Gasteiger partial charge in [-0.25, -0.2) is 0 Å². The molecule has 0 radical (unpaired) electrons. The van der Waals surface area contributed by atoms with Gasteiger partial charge in [-0.1, -0.05) is 0 Å². The summed E-state index contributed by atoms with van der Waals surface area (Å²) in [5.74, 6) is -1.37. The molecule has 0 spiro atoms. The number of non-ortho nitro benzene ring substituents is 1. The zero-order valence-electron chi connectivity index (χ0n) is 8.60. The van der Waals surface area contributed by atoms with Crippen LogP contribution in [0.2, 0.25) is 0 Å². The molecule has 0 aliphatic heterocycles. The molecule has 0 aliphatic carbocycles. The fourth-order valence-electron chi connectivity index (χ4n) is 1.10. The second kappa shape index (κ2) is 5.57. The lowest BCUT2D eigenvalue weighted by Crippen LogP contribution is -2.28. The Balaban J connectivity index is 3.23. The van der Waals surface area contributed by atoms with Gasteiger partial charge >= 0.3 is 0 Å². The van der Waals surface area contributed by atoms with Crippen molar-refractivity contribution in [3.8, 4) is 0 Å². The highest BCUT2D eigenvalue weighted by molar-refractivity contribution is 14.1. The number of nitro benzene ring substituents is 1. The molecule has 0 aliphatic rings. The summed E-state index contributed by atoms with van der Waals surface area (Å²) in [7, 11) is 0. The minimum absolute atomic E-state index is 0.0998. The molecule has 1 rings (SSSR count). The normalized spacial score (nSPS) is 9.71. The Morgan fingerprint density at radius 1 is 1.41 bits per heavy atom. The fraction of sp³-hybridized carbons (Fsp3) is 0.111. The predicted octanol–water partition coefficient (Wildman–Crippen LogP) is 1.36. The van der Waals surface area contributed by atoms with Crippen LogP contribution in [0.25, 0.3) is 0 Å². The van der Waals surface area contributed by atoms with Gasteiger partial charge in [0.1, 0.15) is 0 Å². The number of nitrogens with zero attached hydrogens (tertiary/aromatic N) is 1. The molecule has 7 nitrogen and oxygen atoms in total. The highest BCUT2D eigenvalue weighted by atomic mass is 127. The van der Waals surface area contributed by atoms with Gasteiger partial charge in [0.25, 0.3) is 11.6 Å². The number of hydrogen-bond acceptors (Lipinski definition) is 5. The molecular formula is C9H7IN2O5. The second-order valence-electron chi connectivity index (χ2n) is 3.01. The predicted molar refractivity (Wildman–Crippen MR) is 64.6 cm³/mol. The number of carbonyl (C=O) groups excluding carboxylic acids is 2. The molecular weight excluding hydrogens is 343 g/mol. The molecule has 0 fully saturated rings. The van der Waals surface area contributed by atoms with Gasteiger partial charge in [-0.2, -0.15) is 0 Å². The third-order valence-corrected chi connectivity index (χ3v) is 3.19. The summed E-state index contributed by atoms with van der Waals surface area (Å²) in [4.78, 5) is 32.1. The molecule has 0 bridgehead atoms. The lowest BCUT2D eigenvalue weighted by Gasteiger charge is -2.03. The van der Waals surface area contributed by atoms with Gasteiger partial charge in [0.15, 0.2) is 21.2 Å². The van der Waals surface area contributed by atoms with E-state index in [-0.39, 0.29) is 14.8 Å². The molecule has 2 amide bonds. The molecule has 1 aromatic carbocycles. The molecule has 90 valence electrons. The zero-order chi connectivity index (χ0) is 13.0. The maximum Gasteiger partial charge on any atom is 0.270 e. The van der Waals surface area contributed by atoms with E-state index in [1.165, 1.54) is 6.07 Å². The number of nitro groups is 1. The van der Waals surface area contributed by atoms with Crippen molar-refractivity contribution in [1.29, 1.82) is 0 Å². The first-order valence-corrected chi connectivity index (χ1v) is 6.29. The molecule has 8 heteroatoms. The summed E-state index contributed by atoms with van der Waals surface area (Å²) in [5, 5.41) is 12.5. The minimum Gasteiger partial charge on any atom is -0.293 e. The number of rotatable bonds is 3. The Kier molecular flexibility index (Phi) is 4.37. The van der Waals surface area contributed by atoms with Crippen LogP contribution in [0.15, 0.2) is 18.2 Å². The SMILES string of the molecule is CC(=O)NC(=O)c1cc([N+](=O)[O-])ccc1I=O. The van der Waals surface area contributed by atoms with Crippen molar-refractivity contribution >= 4 is 38.7 Å². The molecule has 17 heavy (non-hydrogen) atoms. The first-order chi connectivity index (χ1) is 7.95. The van der Waals surface area contributed by atoms with Crippen LogP contribution in [-0.4, -0.2) is 16.7 Å². The standard InChI is InChI=1S/C9H7IN2O5/c1-5(13)11-9(14)7-4-6(12(16)17)2-3-8(7)10-15/h2-4H,1H3,(H,11,13,14). The van der Waals surface area contributed by atoms with E-state index in [1.807, 2.05) is 5.32 Å². The van der Waals surface area contributed by atoms with E-state index in [1.54, 1.807) is 0 Å². The van der Waals surface area contributed by atoms with Crippen LogP contribution < -0.4 is 5.32 Å². The monoisotopic (exact) mass is 350 g/mol. The van der Waals surface area contributed by atoms with Crippen LogP contribution in [0, 0.1) is 13.7 Å². The highest BCUT2D eigenvalue weighted by Gasteiger charge is 2.17. The third kappa shape index (κ3) is 3.37. The van der Waals surface area contributed by atoms with E-state index in [9.17, 15) is 22.8 Å². The maximum atomic E-state index is 11.5. The second-order valence-corrected chi connectivity index (χ2v) is 4.61. The Morgan fingerprint density at radius 3 is 2.53 bits per heavy atom. The quantitative estimate of drug-likeness (QED) is 0.503. The summed E-state index contributed by atoms with van der Waals surface area (Å²) < 4.78 is 11.1. The number of carbonyl (C=O) groups is 2. The molecule has 0 saturated carbocycles. The summed E-state index contributed by atoms with van der Waals surface area (Å²) in [6, 6.07) is 3.43.